The molecule has 4 rings (SSSR count). The lowest BCUT2D eigenvalue weighted by atomic mass is 10.1. The number of nitrogens with zero attached hydrogens (tertiary/aromatic N) is 2. The highest BCUT2D eigenvalue weighted by Crippen LogP contribution is 2.25. The predicted molar refractivity (Wildman–Crippen MR) is 103 cm³/mol. The topological polar surface area (TPSA) is 61.0 Å². The zero-order valence-electron chi connectivity index (χ0n) is 14.2. The van der Waals surface area contributed by atoms with E-state index in [2.05, 4.69) is 15.5 Å². The van der Waals surface area contributed by atoms with Crippen LogP contribution in [0.15, 0.2) is 60.8 Å². The Kier molecular flexibility index (Phi) is 4.63. The summed E-state index contributed by atoms with van der Waals surface area (Å²) in [7, 11) is 0. The molecule has 0 aliphatic carbocycles. The number of hydrogen-bond donors (Lipinski definition) is 2. The first-order chi connectivity index (χ1) is 12.7. The van der Waals surface area contributed by atoms with Gasteiger partial charge in [0.25, 0.3) is 5.91 Å². The first-order valence-electron chi connectivity index (χ1n) is 8.61. The smallest absolute Gasteiger partial charge is 0.257 e. The summed E-state index contributed by atoms with van der Waals surface area (Å²) in [6.45, 7) is 1.41. The molecule has 0 saturated carbocycles. The number of anilines is 1. The SMILES string of the molecule is O=C(c1cn[nH]c1-c1ccc(Cl)cc1)N1CCC(Nc2ccccc2)C1. The number of benzene rings is 2. The second-order valence-electron chi connectivity index (χ2n) is 6.41. The second kappa shape index (κ2) is 7.22. The van der Waals surface area contributed by atoms with Crippen molar-refractivity contribution in [3.05, 3.63) is 71.4 Å². The second-order valence-corrected chi connectivity index (χ2v) is 6.85. The van der Waals surface area contributed by atoms with Crippen LogP contribution in [0.25, 0.3) is 11.3 Å². The summed E-state index contributed by atoms with van der Waals surface area (Å²) < 4.78 is 0. The molecule has 6 heteroatoms. The van der Waals surface area contributed by atoms with Crippen LogP contribution >= 0.6 is 11.6 Å². The highest BCUT2D eigenvalue weighted by atomic mass is 35.5. The molecule has 1 aliphatic rings. The van der Waals surface area contributed by atoms with E-state index < -0.39 is 0 Å². The van der Waals surface area contributed by atoms with Gasteiger partial charge in [0, 0.05) is 35.4 Å². The van der Waals surface area contributed by atoms with Gasteiger partial charge in [0.05, 0.1) is 17.5 Å². The number of likely N-dealkylation sites (tertiary alicyclic amines) is 1. The number of nitrogens with one attached hydrogen (secondary N) is 2. The quantitative estimate of drug-likeness (QED) is 0.732. The Morgan fingerprint density at radius 1 is 1.15 bits per heavy atom. The molecule has 2 heterocycles. The van der Waals surface area contributed by atoms with Crippen LogP contribution < -0.4 is 5.32 Å². The van der Waals surface area contributed by atoms with Crippen LogP contribution in [0, 0.1) is 0 Å². The Morgan fingerprint density at radius 2 is 1.92 bits per heavy atom. The molecule has 1 aliphatic heterocycles. The minimum absolute atomic E-state index is 0.000983. The number of hydrogen-bond acceptors (Lipinski definition) is 3. The number of carbonyl (C=O) groups excluding carboxylic acids is 1. The van der Waals surface area contributed by atoms with Crippen molar-refractivity contribution < 1.29 is 4.79 Å². The summed E-state index contributed by atoms with van der Waals surface area (Å²) in [6.07, 6.45) is 2.53. The summed E-state index contributed by atoms with van der Waals surface area (Å²) in [5.41, 5.74) is 3.30. The van der Waals surface area contributed by atoms with Gasteiger partial charge in [-0.2, -0.15) is 5.10 Å². The van der Waals surface area contributed by atoms with E-state index in [0.29, 0.717) is 17.1 Å². The van der Waals surface area contributed by atoms with Crippen molar-refractivity contribution in [2.75, 3.05) is 18.4 Å². The molecule has 2 N–H and O–H groups in total. The average Bonchev–Trinajstić information content (AvgIpc) is 3.32. The fourth-order valence-electron chi connectivity index (χ4n) is 3.29. The van der Waals surface area contributed by atoms with Crippen LogP contribution in [0.4, 0.5) is 5.69 Å². The van der Waals surface area contributed by atoms with E-state index in [9.17, 15) is 4.79 Å². The number of aromatic amines is 1. The Morgan fingerprint density at radius 3 is 2.69 bits per heavy atom. The predicted octanol–water partition coefficient (Wildman–Crippen LogP) is 4.06. The van der Waals surface area contributed by atoms with Crippen molar-refractivity contribution in [3.63, 3.8) is 0 Å². The molecule has 0 spiro atoms. The van der Waals surface area contributed by atoms with E-state index in [1.165, 1.54) is 0 Å². The Balaban J connectivity index is 1.47. The molecule has 1 fully saturated rings. The minimum atomic E-state index is 0.000983. The van der Waals surface area contributed by atoms with E-state index in [0.717, 1.165) is 29.9 Å². The molecule has 0 bridgehead atoms. The number of para-hydroxylation sites is 1. The van der Waals surface area contributed by atoms with E-state index in [-0.39, 0.29) is 11.9 Å². The van der Waals surface area contributed by atoms with Crippen LogP contribution in [0.1, 0.15) is 16.8 Å². The van der Waals surface area contributed by atoms with E-state index in [1.807, 2.05) is 59.5 Å². The van der Waals surface area contributed by atoms with E-state index in [1.54, 1.807) is 6.20 Å². The largest absolute Gasteiger partial charge is 0.380 e. The summed E-state index contributed by atoms with van der Waals surface area (Å²) in [5, 5.41) is 11.2. The number of H-pyrrole nitrogens is 1. The van der Waals surface area contributed by atoms with Crippen LogP contribution in [-0.2, 0) is 0 Å². The molecule has 1 atom stereocenters. The van der Waals surface area contributed by atoms with Gasteiger partial charge < -0.3 is 10.2 Å². The lowest BCUT2D eigenvalue weighted by molar-refractivity contribution is 0.0792. The zero-order valence-corrected chi connectivity index (χ0v) is 14.9. The molecule has 1 aromatic heterocycles. The summed E-state index contributed by atoms with van der Waals surface area (Å²) >= 11 is 5.95. The lowest BCUT2D eigenvalue weighted by Crippen LogP contribution is -2.31. The van der Waals surface area contributed by atoms with Gasteiger partial charge >= 0.3 is 0 Å². The Bertz CT molecular complexity index is 892. The summed E-state index contributed by atoms with van der Waals surface area (Å²) in [5.74, 6) is 0.000983. The van der Waals surface area contributed by atoms with Gasteiger partial charge in [0.1, 0.15) is 0 Å². The highest BCUT2D eigenvalue weighted by Gasteiger charge is 2.29. The third-order valence-electron chi connectivity index (χ3n) is 4.62. The van der Waals surface area contributed by atoms with Gasteiger partial charge in [0.15, 0.2) is 0 Å². The standard InChI is InChI=1S/C20H19ClN4O/c21-15-8-6-14(7-9-15)19-18(12-22-24-19)20(26)25-11-10-17(13-25)23-16-4-2-1-3-5-16/h1-9,12,17,23H,10-11,13H2,(H,22,24). The monoisotopic (exact) mass is 366 g/mol. The summed E-state index contributed by atoms with van der Waals surface area (Å²) in [6, 6.07) is 17.7. The minimum Gasteiger partial charge on any atom is -0.380 e. The van der Waals surface area contributed by atoms with E-state index in [4.69, 9.17) is 11.6 Å². The maximum atomic E-state index is 13.0. The fraction of sp³-hybridized carbons (Fsp3) is 0.200. The van der Waals surface area contributed by atoms with Crippen LogP contribution in [0.5, 0.6) is 0 Å². The molecule has 5 nitrogen and oxygen atoms in total. The van der Waals surface area contributed by atoms with Gasteiger partial charge in [-0.3, -0.25) is 9.89 Å². The normalized spacial score (nSPS) is 16.7. The van der Waals surface area contributed by atoms with Crippen molar-refractivity contribution in [1.29, 1.82) is 0 Å². The van der Waals surface area contributed by atoms with Gasteiger partial charge in [-0.1, -0.05) is 41.9 Å². The van der Waals surface area contributed by atoms with Gasteiger partial charge in [-0.15, -0.1) is 0 Å². The molecule has 3 aromatic rings. The maximum absolute atomic E-state index is 13.0. The first-order valence-corrected chi connectivity index (χ1v) is 8.98. The van der Waals surface area contributed by atoms with Gasteiger partial charge in [0.2, 0.25) is 0 Å². The van der Waals surface area contributed by atoms with Crippen molar-refractivity contribution >= 4 is 23.2 Å². The molecule has 1 amide bonds. The molecular formula is C20H19ClN4O. The molecule has 1 saturated heterocycles. The van der Waals surface area contributed by atoms with Crippen molar-refractivity contribution in [1.82, 2.24) is 15.1 Å². The third-order valence-corrected chi connectivity index (χ3v) is 4.87. The van der Waals surface area contributed by atoms with Crippen LogP contribution in [0.3, 0.4) is 0 Å². The lowest BCUT2D eigenvalue weighted by Gasteiger charge is -2.18. The zero-order chi connectivity index (χ0) is 17.9. The summed E-state index contributed by atoms with van der Waals surface area (Å²) in [4.78, 5) is 14.9. The van der Waals surface area contributed by atoms with Crippen LogP contribution in [0.2, 0.25) is 5.02 Å². The molecule has 0 radical (unpaired) electrons. The molecule has 26 heavy (non-hydrogen) atoms. The number of aromatic nitrogens is 2. The number of halogens is 1. The first kappa shape index (κ1) is 16.7. The van der Waals surface area contributed by atoms with Crippen molar-refractivity contribution in [2.24, 2.45) is 0 Å². The van der Waals surface area contributed by atoms with Crippen molar-refractivity contribution in [2.45, 2.75) is 12.5 Å². The average molecular weight is 367 g/mol. The molecule has 1 unspecified atom stereocenters. The molecular weight excluding hydrogens is 348 g/mol. The Labute approximate surface area is 157 Å². The number of rotatable bonds is 4. The van der Waals surface area contributed by atoms with Crippen molar-refractivity contribution in [3.8, 4) is 11.3 Å². The highest BCUT2D eigenvalue weighted by molar-refractivity contribution is 6.30. The maximum Gasteiger partial charge on any atom is 0.257 e. The number of carbonyl (C=O) groups is 1. The fourth-order valence-corrected chi connectivity index (χ4v) is 3.41. The Hall–Kier alpha value is -2.79. The molecule has 132 valence electrons. The van der Waals surface area contributed by atoms with Gasteiger partial charge in [-0.05, 0) is 30.7 Å². The third kappa shape index (κ3) is 3.44. The van der Waals surface area contributed by atoms with Gasteiger partial charge in [-0.25, -0.2) is 0 Å². The number of amides is 1. The van der Waals surface area contributed by atoms with Crippen LogP contribution in [-0.4, -0.2) is 40.1 Å². The van der Waals surface area contributed by atoms with E-state index >= 15 is 0 Å². The molecule has 2 aromatic carbocycles.